The van der Waals surface area contributed by atoms with E-state index < -0.39 is 10.7 Å². The van der Waals surface area contributed by atoms with Crippen molar-refractivity contribution in [3.63, 3.8) is 0 Å². The summed E-state index contributed by atoms with van der Waals surface area (Å²) in [5.74, 6) is 1.72. The fourth-order valence-electron chi connectivity index (χ4n) is 1.10. The lowest BCUT2D eigenvalue weighted by atomic mass is 10.2. The standard InChI is InChI=1S/C10H8BrFN2O2/c1-2-3-4-13-9-5-7(11)8(12)6-10(9)14(15)16/h1,5-6,13H,3-4H2. The second kappa shape index (κ2) is 5.47. The van der Waals surface area contributed by atoms with Gasteiger partial charge in [-0.25, -0.2) is 4.39 Å². The molecule has 0 saturated heterocycles. The molecule has 0 unspecified atom stereocenters. The molecule has 0 saturated carbocycles. The van der Waals surface area contributed by atoms with E-state index in [2.05, 4.69) is 27.2 Å². The third kappa shape index (κ3) is 2.94. The molecule has 6 heteroatoms. The average Bonchev–Trinajstić information content (AvgIpc) is 2.23. The Balaban J connectivity index is 3.01. The van der Waals surface area contributed by atoms with Crippen LogP contribution in [-0.2, 0) is 0 Å². The van der Waals surface area contributed by atoms with Crippen molar-refractivity contribution >= 4 is 27.3 Å². The second-order valence-corrected chi connectivity index (χ2v) is 3.78. The number of rotatable bonds is 4. The first-order valence-electron chi connectivity index (χ1n) is 4.37. The number of hydrogen-bond donors (Lipinski definition) is 1. The number of anilines is 1. The molecule has 0 heterocycles. The van der Waals surface area contributed by atoms with E-state index in [-0.39, 0.29) is 15.8 Å². The minimum absolute atomic E-state index is 0.168. The lowest BCUT2D eigenvalue weighted by Gasteiger charge is -2.06. The quantitative estimate of drug-likeness (QED) is 0.401. The summed E-state index contributed by atoms with van der Waals surface area (Å²) >= 11 is 2.96. The molecule has 0 spiro atoms. The van der Waals surface area contributed by atoms with Crippen molar-refractivity contribution in [1.29, 1.82) is 0 Å². The van der Waals surface area contributed by atoms with Gasteiger partial charge in [-0.15, -0.1) is 12.3 Å². The molecule has 4 nitrogen and oxygen atoms in total. The Morgan fingerprint density at radius 1 is 1.62 bits per heavy atom. The van der Waals surface area contributed by atoms with Crippen LogP contribution < -0.4 is 5.32 Å². The van der Waals surface area contributed by atoms with Gasteiger partial charge in [0, 0.05) is 13.0 Å². The highest BCUT2D eigenvalue weighted by molar-refractivity contribution is 9.10. The van der Waals surface area contributed by atoms with Crippen LogP contribution in [0.15, 0.2) is 16.6 Å². The molecule has 1 N–H and O–H groups in total. The number of benzene rings is 1. The zero-order chi connectivity index (χ0) is 12.1. The van der Waals surface area contributed by atoms with E-state index in [1.165, 1.54) is 6.07 Å². The Morgan fingerprint density at radius 3 is 2.88 bits per heavy atom. The lowest BCUT2D eigenvalue weighted by Crippen LogP contribution is -2.04. The van der Waals surface area contributed by atoms with Gasteiger partial charge >= 0.3 is 0 Å². The second-order valence-electron chi connectivity index (χ2n) is 2.92. The van der Waals surface area contributed by atoms with Gasteiger partial charge < -0.3 is 5.32 Å². The minimum atomic E-state index is -0.672. The molecule has 1 rings (SSSR count). The zero-order valence-electron chi connectivity index (χ0n) is 8.17. The maximum absolute atomic E-state index is 13.1. The first kappa shape index (κ1) is 12.5. The van der Waals surface area contributed by atoms with E-state index in [9.17, 15) is 14.5 Å². The Bertz CT molecular complexity index is 457. The molecule has 0 amide bonds. The van der Waals surface area contributed by atoms with Crippen molar-refractivity contribution in [3.8, 4) is 12.3 Å². The number of nitrogens with zero attached hydrogens (tertiary/aromatic N) is 1. The maximum atomic E-state index is 13.1. The molecule has 1 aromatic carbocycles. The van der Waals surface area contributed by atoms with Crippen molar-refractivity contribution in [2.45, 2.75) is 6.42 Å². The van der Waals surface area contributed by atoms with Crippen LogP contribution in [0.5, 0.6) is 0 Å². The normalized spacial score (nSPS) is 9.56. The van der Waals surface area contributed by atoms with Crippen molar-refractivity contribution in [2.75, 3.05) is 11.9 Å². The van der Waals surface area contributed by atoms with Gasteiger partial charge in [-0.3, -0.25) is 10.1 Å². The third-order valence-electron chi connectivity index (χ3n) is 1.82. The summed E-state index contributed by atoms with van der Waals surface area (Å²) in [4.78, 5) is 10.0. The van der Waals surface area contributed by atoms with Crippen LogP contribution in [0.4, 0.5) is 15.8 Å². The van der Waals surface area contributed by atoms with Gasteiger partial charge in [-0.1, -0.05) is 0 Å². The van der Waals surface area contributed by atoms with Gasteiger partial charge in [0.1, 0.15) is 11.5 Å². The van der Waals surface area contributed by atoms with E-state index in [0.717, 1.165) is 6.07 Å². The molecule has 0 aliphatic carbocycles. The summed E-state index contributed by atoms with van der Waals surface area (Å²) in [6, 6.07) is 2.19. The summed E-state index contributed by atoms with van der Waals surface area (Å²) < 4.78 is 13.3. The third-order valence-corrected chi connectivity index (χ3v) is 2.43. The smallest absolute Gasteiger partial charge is 0.295 e. The number of nitro groups is 1. The van der Waals surface area contributed by atoms with Crippen LogP contribution in [0.2, 0.25) is 0 Å². The van der Waals surface area contributed by atoms with Gasteiger partial charge in [-0.2, -0.15) is 0 Å². The fourth-order valence-corrected chi connectivity index (χ4v) is 1.44. The predicted octanol–water partition coefficient (Wildman–Crippen LogP) is 2.93. The van der Waals surface area contributed by atoms with E-state index >= 15 is 0 Å². The molecule has 16 heavy (non-hydrogen) atoms. The highest BCUT2D eigenvalue weighted by atomic mass is 79.9. The highest BCUT2D eigenvalue weighted by Gasteiger charge is 2.16. The van der Waals surface area contributed by atoms with Crippen LogP contribution in [0.25, 0.3) is 0 Å². The number of terminal acetylenes is 1. The van der Waals surface area contributed by atoms with Crippen LogP contribution >= 0.6 is 15.9 Å². The molecule has 84 valence electrons. The van der Waals surface area contributed by atoms with Crippen molar-refractivity contribution < 1.29 is 9.31 Å². The minimum Gasteiger partial charge on any atom is -0.379 e. The lowest BCUT2D eigenvalue weighted by molar-refractivity contribution is -0.384. The van der Waals surface area contributed by atoms with Crippen LogP contribution in [0.3, 0.4) is 0 Å². The molecule has 1 aromatic rings. The van der Waals surface area contributed by atoms with E-state index in [1.807, 2.05) is 0 Å². The molecule has 0 radical (unpaired) electrons. The van der Waals surface area contributed by atoms with Gasteiger partial charge in [0.15, 0.2) is 0 Å². The summed E-state index contributed by atoms with van der Waals surface area (Å²) in [6.45, 7) is 0.398. The van der Waals surface area contributed by atoms with E-state index in [1.54, 1.807) is 0 Å². The molecule has 0 fully saturated rings. The van der Waals surface area contributed by atoms with Crippen molar-refractivity contribution in [1.82, 2.24) is 0 Å². The van der Waals surface area contributed by atoms with Gasteiger partial charge in [0.05, 0.1) is 15.5 Å². The summed E-state index contributed by atoms with van der Waals surface area (Å²) in [5, 5.41) is 13.4. The van der Waals surface area contributed by atoms with Crippen molar-refractivity contribution in [3.05, 3.63) is 32.5 Å². The topological polar surface area (TPSA) is 55.2 Å². The number of nitro benzene ring substituents is 1. The number of hydrogen-bond acceptors (Lipinski definition) is 3. The Labute approximate surface area is 100 Å². The Kier molecular flexibility index (Phi) is 4.26. The molecule has 0 aromatic heterocycles. The number of halogens is 2. The molecule has 0 atom stereocenters. The summed E-state index contributed by atoms with van der Waals surface area (Å²) in [5.41, 5.74) is -0.0637. The van der Waals surface area contributed by atoms with E-state index in [4.69, 9.17) is 6.42 Å². The molecular weight excluding hydrogens is 279 g/mol. The summed E-state index contributed by atoms with van der Waals surface area (Å²) in [7, 11) is 0. The van der Waals surface area contributed by atoms with Gasteiger partial charge in [0.2, 0.25) is 0 Å². The Morgan fingerprint density at radius 2 is 2.31 bits per heavy atom. The molecule has 0 aliphatic rings. The monoisotopic (exact) mass is 286 g/mol. The maximum Gasteiger partial charge on any atom is 0.295 e. The fraction of sp³-hybridized carbons (Fsp3) is 0.200. The zero-order valence-corrected chi connectivity index (χ0v) is 9.75. The van der Waals surface area contributed by atoms with Gasteiger partial charge in [0.25, 0.3) is 5.69 Å². The van der Waals surface area contributed by atoms with E-state index in [0.29, 0.717) is 13.0 Å². The van der Waals surface area contributed by atoms with Gasteiger partial charge in [-0.05, 0) is 22.0 Å². The molecule has 0 aliphatic heterocycles. The first-order valence-corrected chi connectivity index (χ1v) is 5.16. The first-order chi connectivity index (χ1) is 7.56. The van der Waals surface area contributed by atoms with Crippen LogP contribution in [-0.4, -0.2) is 11.5 Å². The number of nitrogens with one attached hydrogen (secondary N) is 1. The van der Waals surface area contributed by atoms with Crippen LogP contribution in [0, 0.1) is 28.3 Å². The van der Waals surface area contributed by atoms with Crippen molar-refractivity contribution in [2.24, 2.45) is 0 Å². The largest absolute Gasteiger partial charge is 0.379 e. The predicted molar refractivity (Wildman–Crippen MR) is 62.7 cm³/mol. The van der Waals surface area contributed by atoms with Crippen LogP contribution in [0.1, 0.15) is 6.42 Å². The average molecular weight is 287 g/mol. The Hall–Kier alpha value is -1.61. The molecule has 0 bridgehead atoms. The summed E-state index contributed by atoms with van der Waals surface area (Å²) in [6.07, 6.45) is 5.49. The SMILES string of the molecule is C#CCCNc1cc(Br)c(F)cc1[N+](=O)[O-]. The highest BCUT2D eigenvalue weighted by Crippen LogP contribution is 2.30. The molecular formula is C10H8BrFN2O2.